The second kappa shape index (κ2) is 9.61. The monoisotopic (exact) mass is 417 g/mol. The molecule has 3 N–H and O–H groups in total. The predicted octanol–water partition coefficient (Wildman–Crippen LogP) is 3.11. The van der Waals surface area contributed by atoms with Gasteiger partial charge in [0.25, 0.3) is 0 Å². The van der Waals surface area contributed by atoms with Crippen LogP contribution in [0.3, 0.4) is 0 Å². The van der Waals surface area contributed by atoms with Gasteiger partial charge < -0.3 is 11.2 Å². The van der Waals surface area contributed by atoms with Crippen molar-refractivity contribution < 1.29 is 9.18 Å². The molecule has 3 aromatic rings. The van der Waals surface area contributed by atoms with Gasteiger partial charge in [0.15, 0.2) is 5.82 Å². The van der Waals surface area contributed by atoms with E-state index in [-0.39, 0.29) is 23.0 Å². The SMILES string of the molecule is Cc1ccc(SCCNC(=O)CSc2nnc(-c3ccccc3F)n2N)cc1. The highest BCUT2D eigenvalue weighted by molar-refractivity contribution is 7.99. The third kappa shape index (κ3) is 5.26. The highest BCUT2D eigenvalue weighted by Gasteiger charge is 2.16. The van der Waals surface area contributed by atoms with Crippen molar-refractivity contribution in [1.29, 1.82) is 0 Å². The van der Waals surface area contributed by atoms with Gasteiger partial charge in [-0.05, 0) is 31.2 Å². The van der Waals surface area contributed by atoms with Gasteiger partial charge in [-0.2, -0.15) is 0 Å². The fourth-order valence-electron chi connectivity index (χ4n) is 2.38. The number of thioether (sulfide) groups is 2. The Morgan fingerprint density at radius 1 is 1.14 bits per heavy atom. The molecule has 0 atom stereocenters. The Hall–Kier alpha value is -2.52. The number of nitrogens with one attached hydrogen (secondary N) is 1. The predicted molar refractivity (Wildman–Crippen MR) is 111 cm³/mol. The Labute approximate surface area is 171 Å². The van der Waals surface area contributed by atoms with Crippen molar-refractivity contribution in [1.82, 2.24) is 20.2 Å². The van der Waals surface area contributed by atoms with Crippen LogP contribution in [0.15, 0.2) is 58.6 Å². The van der Waals surface area contributed by atoms with E-state index in [9.17, 15) is 9.18 Å². The molecule has 0 unspecified atom stereocenters. The van der Waals surface area contributed by atoms with Crippen LogP contribution >= 0.6 is 23.5 Å². The molecule has 146 valence electrons. The number of aromatic nitrogens is 3. The molecule has 0 aliphatic rings. The van der Waals surface area contributed by atoms with E-state index >= 15 is 0 Å². The van der Waals surface area contributed by atoms with Gasteiger partial charge in [-0.1, -0.05) is 41.6 Å². The van der Waals surface area contributed by atoms with Crippen molar-refractivity contribution in [2.75, 3.05) is 23.9 Å². The summed E-state index contributed by atoms with van der Waals surface area (Å²) >= 11 is 2.84. The molecule has 2 aromatic carbocycles. The smallest absolute Gasteiger partial charge is 0.230 e. The van der Waals surface area contributed by atoms with Crippen LogP contribution in [-0.4, -0.2) is 38.8 Å². The van der Waals surface area contributed by atoms with Crippen LogP contribution in [0.1, 0.15) is 5.56 Å². The van der Waals surface area contributed by atoms with Crippen molar-refractivity contribution in [2.24, 2.45) is 0 Å². The molecule has 6 nitrogen and oxygen atoms in total. The number of amides is 1. The number of aryl methyl sites for hydroxylation is 1. The maximum atomic E-state index is 13.9. The van der Waals surface area contributed by atoms with Gasteiger partial charge in [-0.3, -0.25) is 4.79 Å². The lowest BCUT2D eigenvalue weighted by Gasteiger charge is -2.06. The molecule has 0 fully saturated rings. The summed E-state index contributed by atoms with van der Waals surface area (Å²) in [6.45, 7) is 2.61. The Bertz CT molecular complexity index is 946. The minimum absolute atomic E-state index is 0.120. The molecule has 0 aliphatic carbocycles. The Balaban J connectivity index is 1.45. The molecule has 1 aromatic heterocycles. The molecule has 0 spiro atoms. The molecule has 0 saturated heterocycles. The lowest BCUT2D eigenvalue weighted by molar-refractivity contribution is -0.118. The summed E-state index contributed by atoms with van der Waals surface area (Å²) in [4.78, 5) is 13.2. The Morgan fingerprint density at radius 3 is 2.64 bits per heavy atom. The lowest BCUT2D eigenvalue weighted by Crippen LogP contribution is -2.27. The highest BCUT2D eigenvalue weighted by Crippen LogP contribution is 2.23. The average molecular weight is 418 g/mol. The molecule has 0 saturated carbocycles. The van der Waals surface area contributed by atoms with Gasteiger partial charge in [0.1, 0.15) is 5.82 Å². The molecule has 1 heterocycles. The van der Waals surface area contributed by atoms with E-state index in [1.165, 1.54) is 21.2 Å². The number of nitrogens with two attached hydrogens (primary N) is 1. The summed E-state index contributed by atoms with van der Waals surface area (Å²) < 4.78 is 15.1. The topological polar surface area (TPSA) is 85.8 Å². The van der Waals surface area contributed by atoms with E-state index in [1.54, 1.807) is 30.0 Å². The maximum Gasteiger partial charge on any atom is 0.230 e. The maximum absolute atomic E-state index is 13.9. The zero-order chi connectivity index (χ0) is 19.9. The van der Waals surface area contributed by atoms with Crippen LogP contribution in [0, 0.1) is 12.7 Å². The summed E-state index contributed by atoms with van der Waals surface area (Å²) in [5.41, 5.74) is 1.49. The number of hydrogen-bond donors (Lipinski definition) is 2. The van der Waals surface area contributed by atoms with Gasteiger partial charge in [0.05, 0.1) is 11.3 Å². The molecule has 0 aliphatic heterocycles. The fraction of sp³-hybridized carbons (Fsp3) is 0.211. The summed E-state index contributed by atoms with van der Waals surface area (Å²) in [7, 11) is 0. The normalized spacial score (nSPS) is 10.8. The second-order valence-electron chi connectivity index (χ2n) is 5.96. The molecular weight excluding hydrogens is 397 g/mol. The van der Waals surface area contributed by atoms with Crippen LogP contribution in [0.4, 0.5) is 4.39 Å². The van der Waals surface area contributed by atoms with Crippen molar-refractivity contribution in [3.05, 3.63) is 59.9 Å². The van der Waals surface area contributed by atoms with Gasteiger partial charge >= 0.3 is 0 Å². The molecule has 0 radical (unpaired) electrons. The van der Waals surface area contributed by atoms with E-state index in [1.807, 2.05) is 6.92 Å². The van der Waals surface area contributed by atoms with Crippen LogP contribution in [0.25, 0.3) is 11.4 Å². The number of hydrogen-bond acceptors (Lipinski definition) is 6. The number of rotatable bonds is 8. The first-order valence-electron chi connectivity index (χ1n) is 8.59. The van der Waals surface area contributed by atoms with Gasteiger partial charge in [-0.25, -0.2) is 9.07 Å². The quantitative estimate of drug-likeness (QED) is 0.333. The van der Waals surface area contributed by atoms with Gasteiger partial charge in [0, 0.05) is 17.2 Å². The zero-order valence-electron chi connectivity index (χ0n) is 15.3. The number of nitrogens with zero attached hydrogens (tertiary/aromatic N) is 3. The highest BCUT2D eigenvalue weighted by atomic mass is 32.2. The third-order valence-electron chi connectivity index (χ3n) is 3.83. The largest absolute Gasteiger partial charge is 0.355 e. The van der Waals surface area contributed by atoms with Crippen LogP contribution < -0.4 is 11.2 Å². The summed E-state index contributed by atoms with van der Waals surface area (Å²) in [5.74, 6) is 6.56. The van der Waals surface area contributed by atoms with E-state index in [4.69, 9.17) is 5.84 Å². The first kappa shape index (κ1) is 20.2. The number of halogens is 1. The van der Waals surface area contributed by atoms with Gasteiger partial charge in [0.2, 0.25) is 11.1 Å². The molecule has 3 rings (SSSR count). The summed E-state index contributed by atoms with van der Waals surface area (Å²) in [6.07, 6.45) is 0. The minimum Gasteiger partial charge on any atom is -0.355 e. The van der Waals surface area contributed by atoms with E-state index < -0.39 is 5.82 Å². The summed E-state index contributed by atoms with van der Waals surface area (Å²) in [6, 6.07) is 14.5. The molecule has 0 bridgehead atoms. The Morgan fingerprint density at radius 2 is 1.89 bits per heavy atom. The van der Waals surface area contributed by atoms with Crippen molar-refractivity contribution >= 4 is 29.4 Å². The Kier molecular flexibility index (Phi) is 6.94. The molecule has 9 heteroatoms. The van der Waals surface area contributed by atoms with Crippen LogP contribution in [0.2, 0.25) is 0 Å². The number of benzene rings is 2. The fourth-order valence-corrected chi connectivity index (χ4v) is 3.83. The van der Waals surface area contributed by atoms with Crippen LogP contribution in [0.5, 0.6) is 0 Å². The van der Waals surface area contributed by atoms with Gasteiger partial charge in [-0.15, -0.1) is 22.0 Å². The van der Waals surface area contributed by atoms with Crippen LogP contribution in [-0.2, 0) is 4.79 Å². The van der Waals surface area contributed by atoms with E-state index in [2.05, 4.69) is 39.8 Å². The first-order valence-corrected chi connectivity index (χ1v) is 10.6. The summed E-state index contributed by atoms with van der Waals surface area (Å²) in [5, 5.41) is 11.1. The standard InChI is InChI=1S/C19H20FN5OS2/c1-13-6-8-14(9-7-13)27-11-10-22-17(26)12-28-19-24-23-18(25(19)21)15-4-2-3-5-16(15)20/h2-9H,10-12,21H2,1H3,(H,22,26). The lowest BCUT2D eigenvalue weighted by atomic mass is 10.2. The van der Waals surface area contributed by atoms with E-state index in [0.717, 1.165) is 17.5 Å². The number of nitrogen functional groups attached to an aromatic ring is 1. The number of carbonyl (C=O) groups is 1. The number of carbonyl (C=O) groups excluding carboxylic acids is 1. The minimum atomic E-state index is -0.429. The first-order chi connectivity index (χ1) is 13.5. The zero-order valence-corrected chi connectivity index (χ0v) is 16.9. The van der Waals surface area contributed by atoms with Crippen molar-refractivity contribution in [3.63, 3.8) is 0 Å². The average Bonchev–Trinajstić information content (AvgIpc) is 3.06. The molecular formula is C19H20FN5OS2. The van der Waals surface area contributed by atoms with Crippen molar-refractivity contribution in [2.45, 2.75) is 17.0 Å². The molecule has 1 amide bonds. The second-order valence-corrected chi connectivity index (χ2v) is 8.07. The van der Waals surface area contributed by atoms with Crippen molar-refractivity contribution in [3.8, 4) is 11.4 Å². The third-order valence-corrected chi connectivity index (χ3v) is 5.78. The van der Waals surface area contributed by atoms with E-state index in [0.29, 0.717) is 11.7 Å². The molecule has 28 heavy (non-hydrogen) atoms.